The van der Waals surface area contributed by atoms with E-state index in [2.05, 4.69) is 5.10 Å². The molecule has 8 heteroatoms. The minimum absolute atomic E-state index is 0.0205. The van der Waals surface area contributed by atoms with E-state index >= 15 is 0 Å². The molecule has 2 heterocycles. The van der Waals surface area contributed by atoms with Crippen LogP contribution in [0.1, 0.15) is 24.8 Å². The summed E-state index contributed by atoms with van der Waals surface area (Å²) in [6.45, 7) is 1.50. The van der Waals surface area contributed by atoms with Gasteiger partial charge in [0.05, 0.1) is 18.9 Å². The zero-order chi connectivity index (χ0) is 22.5. The Morgan fingerprint density at radius 3 is 2.62 bits per heavy atom. The van der Waals surface area contributed by atoms with Crippen LogP contribution in [-0.2, 0) is 20.9 Å². The predicted molar refractivity (Wildman–Crippen MR) is 121 cm³/mol. The minimum Gasteiger partial charge on any atom is -0.496 e. The quantitative estimate of drug-likeness (QED) is 0.685. The molecule has 2 unspecified atom stereocenters. The van der Waals surface area contributed by atoms with E-state index in [1.165, 1.54) is 0 Å². The van der Waals surface area contributed by atoms with Crippen LogP contribution >= 0.6 is 0 Å². The number of hydrogen-bond donors (Lipinski definition) is 1. The summed E-state index contributed by atoms with van der Waals surface area (Å²) in [6.07, 6.45) is 2.03. The van der Waals surface area contributed by atoms with Crippen molar-refractivity contribution in [1.82, 2.24) is 4.90 Å². The number of hydrazone groups is 1. The van der Waals surface area contributed by atoms with Crippen molar-refractivity contribution in [1.29, 1.82) is 0 Å². The van der Waals surface area contributed by atoms with Crippen molar-refractivity contribution < 1.29 is 19.1 Å². The Labute approximate surface area is 187 Å². The third-order valence-corrected chi connectivity index (χ3v) is 5.80. The van der Waals surface area contributed by atoms with Crippen molar-refractivity contribution in [3.63, 3.8) is 0 Å². The summed E-state index contributed by atoms with van der Waals surface area (Å²) in [5, 5.41) is 6.07. The second kappa shape index (κ2) is 9.82. The number of primary amides is 1. The van der Waals surface area contributed by atoms with Crippen LogP contribution in [0.15, 0.2) is 59.7 Å². The van der Waals surface area contributed by atoms with E-state index in [0.717, 1.165) is 24.1 Å². The summed E-state index contributed by atoms with van der Waals surface area (Å²) in [6, 6.07) is 16.2. The highest BCUT2D eigenvalue weighted by Crippen LogP contribution is 2.27. The van der Waals surface area contributed by atoms with Gasteiger partial charge in [0.25, 0.3) is 5.91 Å². The average Bonchev–Trinajstić information content (AvgIpc) is 3.49. The van der Waals surface area contributed by atoms with Crippen LogP contribution in [0.4, 0.5) is 5.69 Å². The van der Waals surface area contributed by atoms with Crippen molar-refractivity contribution in [2.45, 2.75) is 38.0 Å². The molecule has 0 bridgehead atoms. The number of hydrogen-bond acceptors (Lipinski definition) is 6. The molecule has 2 aromatic carbocycles. The van der Waals surface area contributed by atoms with Gasteiger partial charge in [0.15, 0.2) is 0 Å². The van der Waals surface area contributed by atoms with Crippen molar-refractivity contribution in [3.8, 4) is 5.75 Å². The zero-order valence-corrected chi connectivity index (χ0v) is 18.1. The second-order valence-electron chi connectivity index (χ2n) is 7.98. The normalized spacial score (nSPS) is 20.2. The van der Waals surface area contributed by atoms with Crippen LogP contribution in [0.2, 0.25) is 0 Å². The highest BCUT2D eigenvalue weighted by molar-refractivity contribution is 6.40. The molecule has 0 saturated carbocycles. The number of benzene rings is 2. The maximum absolute atomic E-state index is 13.6. The monoisotopic (exact) mass is 436 g/mol. The molecule has 1 saturated heterocycles. The number of anilines is 1. The van der Waals surface area contributed by atoms with E-state index in [4.69, 9.17) is 15.2 Å². The van der Waals surface area contributed by atoms with Gasteiger partial charge in [-0.1, -0.05) is 36.4 Å². The first-order valence-electron chi connectivity index (χ1n) is 10.8. The lowest BCUT2D eigenvalue weighted by Crippen LogP contribution is -2.42. The molecule has 2 aliphatic rings. The number of amides is 2. The Kier molecular flexibility index (Phi) is 6.70. The highest BCUT2D eigenvalue weighted by Gasteiger charge is 2.37. The SMILES string of the molecule is COc1ccccc1CN(CC1CCCO1)C(=O)C1=NN(c2ccccc2)C(C(N)=O)C1. The van der Waals surface area contributed by atoms with Gasteiger partial charge in [0.2, 0.25) is 5.91 Å². The Balaban J connectivity index is 1.61. The molecule has 0 radical (unpaired) electrons. The number of para-hydroxylation sites is 2. The van der Waals surface area contributed by atoms with E-state index in [9.17, 15) is 9.59 Å². The lowest BCUT2D eigenvalue weighted by atomic mass is 10.1. The molecule has 2 aromatic rings. The average molecular weight is 437 g/mol. The van der Waals surface area contributed by atoms with E-state index in [-0.39, 0.29) is 18.4 Å². The fourth-order valence-corrected chi connectivity index (χ4v) is 4.15. The number of carbonyl (C=O) groups is 2. The first-order valence-corrected chi connectivity index (χ1v) is 10.8. The van der Waals surface area contributed by atoms with Crippen molar-refractivity contribution >= 4 is 23.2 Å². The summed E-state index contributed by atoms with van der Waals surface area (Å²) in [4.78, 5) is 27.5. The summed E-state index contributed by atoms with van der Waals surface area (Å²) in [7, 11) is 1.61. The first-order chi connectivity index (χ1) is 15.6. The highest BCUT2D eigenvalue weighted by atomic mass is 16.5. The molecule has 2 N–H and O–H groups in total. The molecular formula is C24H28N4O4. The summed E-state index contributed by atoms with van der Waals surface area (Å²) in [5.41, 5.74) is 7.56. The Hall–Kier alpha value is -3.39. The van der Waals surface area contributed by atoms with E-state index < -0.39 is 11.9 Å². The van der Waals surface area contributed by atoms with Gasteiger partial charge in [0.1, 0.15) is 17.5 Å². The van der Waals surface area contributed by atoms with Crippen molar-refractivity contribution in [2.24, 2.45) is 10.8 Å². The van der Waals surface area contributed by atoms with Gasteiger partial charge < -0.3 is 20.1 Å². The third kappa shape index (κ3) is 4.75. The predicted octanol–water partition coefficient (Wildman–Crippen LogP) is 2.32. The van der Waals surface area contributed by atoms with Crippen molar-refractivity contribution in [2.75, 3.05) is 25.3 Å². The first kappa shape index (κ1) is 21.8. The topological polar surface area (TPSA) is 97.5 Å². The van der Waals surface area contributed by atoms with E-state index in [0.29, 0.717) is 31.2 Å². The number of carbonyl (C=O) groups excluding carboxylic acids is 2. The molecule has 1 fully saturated rings. The molecule has 0 spiro atoms. The number of nitrogens with zero attached hydrogens (tertiary/aromatic N) is 3. The van der Waals surface area contributed by atoms with Crippen LogP contribution in [0.3, 0.4) is 0 Å². The Morgan fingerprint density at radius 2 is 1.94 bits per heavy atom. The van der Waals surface area contributed by atoms with Gasteiger partial charge in [-0.3, -0.25) is 14.6 Å². The molecule has 2 aliphatic heterocycles. The lowest BCUT2D eigenvalue weighted by molar-refractivity contribution is -0.126. The van der Waals surface area contributed by atoms with Gasteiger partial charge >= 0.3 is 0 Å². The largest absolute Gasteiger partial charge is 0.496 e. The molecule has 4 rings (SSSR count). The van der Waals surface area contributed by atoms with Crippen LogP contribution in [0.5, 0.6) is 5.75 Å². The lowest BCUT2D eigenvalue weighted by Gasteiger charge is -2.26. The standard InChI is InChI=1S/C24H28N4O4/c1-31-22-12-6-5-8-17(22)15-27(16-19-11-7-13-32-19)24(30)20-14-21(23(25)29)28(26-20)18-9-3-2-4-10-18/h2-6,8-10,12,19,21H,7,11,13-16H2,1H3,(H2,25,29). The zero-order valence-electron chi connectivity index (χ0n) is 18.1. The maximum atomic E-state index is 13.6. The Bertz CT molecular complexity index is 989. The molecule has 8 nitrogen and oxygen atoms in total. The number of ether oxygens (including phenoxy) is 2. The van der Waals surface area contributed by atoms with Gasteiger partial charge in [-0.15, -0.1) is 0 Å². The molecule has 0 aromatic heterocycles. The molecule has 2 atom stereocenters. The summed E-state index contributed by atoms with van der Waals surface area (Å²) in [5.74, 6) is -0.0289. The van der Waals surface area contributed by atoms with Crippen LogP contribution < -0.4 is 15.5 Å². The molecule has 2 amide bonds. The van der Waals surface area contributed by atoms with E-state index in [1.807, 2.05) is 54.6 Å². The minimum atomic E-state index is -0.702. The van der Waals surface area contributed by atoms with Crippen LogP contribution in [0, 0.1) is 0 Å². The number of nitrogens with two attached hydrogens (primary N) is 1. The van der Waals surface area contributed by atoms with Crippen molar-refractivity contribution in [3.05, 3.63) is 60.2 Å². The molecule has 32 heavy (non-hydrogen) atoms. The van der Waals surface area contributed by atoms with Gasteiger partial charge in [-0.25, -0.2) is 0 Å². The molecule has 168 valence electrons. The molecule has 0 aliphatic carbocycles. The smallest absolute Gasteiger partial charge is 0.270 e. The second-order valence-corrected chi connectivity index (χ2v) is 7.98. The number of rotatable bonds is 8. The van der Waals surface area contributed by atoms with Crippen LogP contribution in [0.25, 0.3) is 0 Å². The molecular weight excluding hydrogens is 408 g/mol. The Morgan fingerprint density at radius 1 is 1.19 bits per heavy atom. The fraction of sp³-hybridized carbons (Fsp3) is 0.375. The fourth-order valence-electron chi connectivity index (χ4n) is 4.15. The third-order valence-electron chi connectivity index (χ3n) is 5.80. The van der Waals surface area contributed by atoms with Gasteiger partial charge in [0, 0.05) is 31.7 Å². The maximum Gasteiger partial charge on any atom is 0.270 e. The van der Waals surface area contributed by atoms with Gasteiger partial charge in [-0.2, -0.15) is 5.10 Å². The van der Waals surface area contributed by atoms with Gasteiger partial charge in [-0.05, 0) is 31.0 Å². The number of methoxy groups -OCH3 is 1. The summed E-state index contributed by atoms with van der Waals surface area (Å²) >= 11 is 0. The summed E-state index contributed by atoms with van der Waals surface area (Å²) < 4.78 is 11.3. The van der Waals surface area contributed by atoms with Crippen LogP contribution in [-0.4, -0.2) is 54.8 Å². The van der Waals surface area contributed by atoms with E-state index in [1.54, 1.807) is 17.0 Å².